The van der Waals surface area contributed by atoms with Gasteiger partial charge >= 0.3 is 0 Å². The number of hydrogen-bond donors (Lipinski definition) is 5. The van der Waals surface area contributed by atoms with Crippen LogP contribution < -0.4 is 33.0 Å². The number of carbonyl (C=O) groups is 2. The fourth-order valence-electron chi connectivity index (χ4n) is 5.70. The number of thiophene rings is 1. The summed E-state index contributed by atoms with van der Waals surface area (Å²) in [5.41, 5.74) is 26.5. The number of hydrogen-bond acceptors (Lipinski definition) is 9. The number of nitrogens with two attached hydrogens (primary N) is 4. The molecule has 4 aromatic rings. The molecule has 39 heavy (non-hydrogen) atoms. The molecule has 2 aliphatic carbocycles. The number of nitrogens with zero attached hydrogens (tertiary/aromatic N) is 1. The first-order valence-corrected chi connectivity index (χ1v) is 13.8. The standard InChI is InChI=1S/C29H30N6O3S/c30-18-8-4-5-9-20(18)35-28(37)26-23-22-17(11-12-19(31)25(22)39-26)29(33,27(36)24(23)32)15-10-13-21(34-14-15)38-16-6-2-1-3-7-16/h1-3,6-7,10-14,18,20,24H,4-5,8-9,30-33H2,(H,35,37)/t18-,20+,24?,29?/m0/s1. The minimum Gasteiger partial charge on any atom is -0.439 e. The summed E-state index contributed by atoms with van der Waals surface area (Å²) in [5.74, 6) is 0.274. The third-order valence-corrected chi connectivity index (χ3v) is 9.07. The molecule has 9 N–H and O–H groups in total. The van der Waals surface area contributed by atoms with E-state index in [1.54, 1.807) is 24.3 Å². The lowest BCUT2D eigenvalue weighted by molar-refractivity contribution is -0.124. The number of rotatable bonds is 5. The summed E-state index contributed by atoms with van der Waals surface area (Å²) in [7, 11) is 0. The number of benzene rings is 2. The molecule has 0 spiro atoms. The highest BCUT2D eigenvalue weighted by Gasteiger charge is 2.49. The highest BCUT2D eigenvalue weighted by molar-refractivity contribution is 7.21. The maximum Gasteiger partial charge on any atom is 0.262 e. The van der Waals surface area contributed by atoms with Gasteiger partial charge in [0.2, 0.25) is 5.88 Å². The molecule has 2 aliphatic rings. The molecule has 1 fully saturated rings. The number of nitrogen functional groups attached to an aromatic ring is 1. The molecule has 2 aromatic carbocycles. The van der Waals surface area contributed by atoms with E-state index in [2.05, 4.69) is 10.3 Å². The number of aromatic nitrogens is 1. The summed E-state index contributed by atoms with van der Waals surface area (Å²) in [5, 5.41) is 3.73. The fourth-order valence-corrected chi connectivity index (χ4v) is 6.91. The van der Waals surface area contributed by atoms with Gasteiger partial charge in [-0.2, -0.15) is 0 Å². The molecule has 2 unspecified atom stereocenters. The minimum absolute atomic E-state index is 0.109. The Morgan fingerprint density at radius 3 is 2.54 bits per heavy atom. The molecule has 4 atom stereocenters. The molecule has 9 nitrogen and oxygen atoms in total. The van der Waals surface area contributed by atoms with Gasteiger partial charge in [0.15, 0.2) is 5.78 Å². The van der Waals surface area contributed by atoms with Gasteiger partial charge in [0.05, 0.1) is 15.6 Å². The Labute approximate surface area is 229 Å². The van der Waals surface area contributed by atoms with Gasteiger partial charge in [0, 0.05) is 46.5 Å². The average molecular weight is 543 g/mol. The number of nitrogens with one attached hydrogen (secondary N) is 1. The number of Topliss-reactive ketones (excluding diaryl/α,β-unsaturated/α-hetero) is 1. The van der Waals surface area contributed by atoms with Gasteiger partial charge in [-0.3, -0.25) is 9.59 Å². The Kier molecular flexibility index (Phi) is 6.35. The summed E-state index contributed by atoms with van der Waals surface area (Å²) in [4.78, 5) is 32.2. The predicted molar refractivity (Wildman–Crippen MR) is 152 cm³/mol. The second kappa shape index (κ2) is 9.73. The lowest BCUT2D eigenvalue weighted by Gasteiger charge is -2.36. The van der Waals surface area contributed by atoms with Crippen LogP contribution in [0.15, 0.2) is 60.8 Å². The van der Waals surface area contributed by atoms with E-state index in [1.807, 2.05) is 30.3 Å². The molecule has 2 aromatic heterocycles. The Balaban J connectivity index is 1.41. The second-order valence-corrected chi connectivity index (χ2v) is 11.3. The van der Waals surface area contributed by atoms with Crippen LogP contribution in [0.1, 0.15) is 58.1 Å². The predicted octanol–water partition coefficient (Wildman–Crippen LogP) is 3.46. The lowest BCUT2D eigenvalue weighted by atomic mass is 9.71. The quantitative estimate of drug-likeness (QED) is 0.239. The van der Waals surface area contributed by atoms with Crippen LogP contribution in [0.25, 0.3) is 10.1 Å². The number of para-hydroxylation sites is 1. The first-order chi connectivity index (χ1) is 18.8. The first kappa shape index (κ1) is 25.4. The monoisotopic (exact) mass is 542 g/mol. The summed E-state index contributed by atoms with van der Waals surface area (Å²) < 4.78 is 6.48. The van der Waals surface area contributed by atoms with Crippen molar-refractivity contribution >= 4 is 38.8 Å². The molecule has 0 bridgehead atoms. The van der Waals surface area contributed by atoms with Crippen molar-refractivity contribution in [1.82, 2.24) is 10.3 Å². The van der Waals surface area contributed by atoms with E-state index >= 15 is 0 Å². The molecule has 200 valence electrons. The first-order valence-electron chi connectivity index (χ1n) is 13.0. The van der Waals surface area contributed by atoms with E-state index in [0.717, 1.165) is 25.7 Å². The maximum absolute atomic E-state index is 13.9. The van der Waals surface area contributed by atoms with Crippen LogP contribution in [0.4, 0.5) is 5.69 Å². The van der Waals surface area contributed by atoms with E-state index in [4.69, 9.17) is 27.7 Å². The van der Waals surface area contributed by atoms with Gasteiger partial charge < -0.3 is 33.0 Å². The summed E-state index contributed by atoms with van der Waals surface area (Å²) in [6.07, 6.45) is 5.26. The van der Waals surface area contributed by atoms with E-state index in [9.17, 15) is 9.59 Å². The molecular formula is C29H30N6O3S. The van der Waals surface area contributed by atoms with Gasteiger partial charge in [-0.1, -0.05) is 37.1 Å². The molecule has 0 aliphatic heterocycles. The van der Waals surface area contributed by atoms with Crippen molar-refractivity contribution in [1.29, 1.82) is 0 Å². The molecule has 0 saturated heterocycles. The molecule has 1 saturated carbocycles. The van der Waals surface area contributed by atoms with Crippen LogP contribution in [0.5, 0.6) is 11.6 Å². The number of ketones is 1. The van der Waals surface area contributed by atoms with E-state index in [-0.39, 0.29) is 18.0 Å². The van der Waals surface area contributed by atoms with Crippen LogP contribution in [0.2, 0.25) is 0 Å². The molecule has 1 amide bonds. The van der Waals surface area contributed by atoms with Gasteiger partial charge in [0.1, 0.15) is 11.3 Å². The summed E-state index contributed by atoms with van der Waals surface area (Å²) >= 11 is 1.23. The largest absolute Gasteiger partial charge is 0.439 e. The van der Waals surface area contributed by atoms with Crippen LogP contribution in [-0.2, 0) is 10.3 Å². The molecular weight excluding hydrogens is 512 g/mol. The fraction of sp³-hybridized carbons (Fsp3) is 0.276. The highest BCUT2D eigenvalue weighted by atomic mass is 32.1. The Bertz CT molecular complexity index is 1570. The number of carbonyl (C=O) groups excluding carboxylic acids is 2. The van der Waals surface area contributed by atoms with Crippen molar-refractivity contribution < 1.29 is 14.3 Å². The van der Waals surface area contributed by atoms with Gasteiger partial charge in [-0.15, -0.1) is 11.3 Å². The summed E-state index contributed by atoms with van der Waals surface area (Å²) in [6, 6.07) is 14.7. The zero-order chi connectivity index (χ0) is 27.3. The Morgan fingerprint density at radius 1 is 1.05 bits per heavy atom. The van der Waals surface area contributed by atoms with Crippen LogP contribution in [0.3, 0.4) is 0 Å². The highest BCUT2D eigenvalue weighted by Crippen LogP contribution is 2.49. The van der Waals surface area contributed by atoms with Crippen molar-refractivity contribution in [2.45, 2.75) is 49.3 Å². The molecule has 10 heteroatoms. The maximum atomic E-state index is 13.9. The zero-order valence-corrected chi connectivity index (χ0v) is 22.0. The van der Waals surface area contributed by atoms with Crippen molar-refractivity contribution in [2.24, 2.45) is 17.2 Å². The van der Waals surface area contributed by atoms with Crippen molar-refractivity contribution in [3.63, 3.8) is 0 Å². The van der Waals surface area contributed by atoms with E-state index < -0.39 is 17.4 Å². The smallest absolute Gasteiger partial charge is 0.262 e. The van der Waals surface area contributed by atoms with E-state index in [0.29, 0.717) is 49.0 Å². The van der Waals surface area contributed by atoms with Gasteiger partial charge in [0.25, 0.3) is 5.91 Å². The average Bonchev–Trinajstić information content (AvgIpc) is 3.35. The number of ether oxygens (including phenoxy) is 1. The van der Waals surface area contributed by atoms with Crippen molar-refractivity contribution in [3.8, 4) is 11.6 Å². The topological polar surface area (TPSA) is 172 Å². The normalized spacial score (nSPS) is 24.5. The summed E-state index contributed by atoms with van der Waals surface area (Å²) in [6.45, 7) is 0. The number of amides is 1. The lowest BCUT2D eigenvalue weighted by Crippen LogP contribution is -2.53. The molecule has 6 rings (SSSR count). The third kappa shape index (κ3) is 4.16. The van der Waals surface area contributed by atoms with Crippen LogP contribution >= 0.6 is 11.3 Å². The van der Waals surface area contributed by atoms with Crippen molar-refractivity contribution in [3.05, 3.63) is 82.4 Å². The van der Waals surface area contributed by atoms with Crippen molar-refractivity contribution in [2.75, 3.05) is 5.73 Å². The SMILES string of the molecule is Nc1ccc2c3c(c(C(=O)N[C@@H]4CCCC[C@@H]4N)sc13)C(N)C(=O)C2(N)c1ccc(Oc2ccccc2)nc1. The minimum atomic E-state index is -1.59. The number of pyridine rings is 1. The number of anilines is 1. The van der Waals surface area contributed by atoms with Crippen LogP contribution in [0, 0.1) is 0 Å². The zero-order valence-electron chi connectivity index (χ0n) is 21.2. The van der Waals surface area contributed by atoms with Crippen LogP contribution in [-0.4, -0.2) is 28.8 Å². The van der Waals surface area contributed by atoms with Gasteiger partial charge in [-0.25, -0.2) is 4.98 Å². The Morgan fingerprint density at radius 2 is 1.82 bits per heavy atom. The molecule has 2 heterocycles. The van der Waals surface area contributed by atoms with E-state index in [1.165, 1.54) is 17.5 Å². The third-order valence-electron chi connectivity index (χ3n) is 7.81. The second-order valence-electron chi connectivity index (χ2n) is 10.2. The Hall–Kier alpha value is -3.83. The molecule has 0 radical (unpaired) electrons. The van der Waals surface area contributed by atoms with Gasteiger partial charge in [-0.05, 0) is 42.7 Å².